The largest absolute Gasteiger partial charge is 0.497 e. The maximum atomic E-state index is 12.0. The molecule has 0 fully saturated rings. The van der Waals surface area contributed by atoms with Gasteiger partial charge in [0, 0.05) is 24.7 Å². The number of nitrogens with zero attached hydrogens (tertiary/aromatic N) is 1. The summed E-state index contributed by atoms with van der Waals surface area (Å²) >= 11 is 6.27. The number of halogens is 2. The van der Waals surface area contributed by atoms with E-state index in [1.807, 2.05) is 49.4 Å². The van der Waals surface area contributed by atoms with Crippen molar-refractivity contribution in [2.24, 2.45) is 4.99 Å². The van der Waals surface area contributed by atoms with E-state index in [1.54, 1.807) is 13.2 Å². The molecule has 29 heavy (non-hydrogen) atoms. The number of carbonyl (C=O) groups excluding carboxylic acids is 1. The lowest BCUT2D eigenvalue weighted by atomic mass is 10.1. The number of ether oxygens (including phenoxy) is 1. The van der Waals surface area contributed by atoms with Crippen LogP contribution in [0.25, 0.3) is 0 Å². The summed E-state index contributed by atoms with van der Waals surface area (Å²) < 4.78 is 5.16. The smallest absolute Gasteiger partial charge is 0.242 e. The Morgan fingerprint density at radius 3 is 2.52 bits per heavy atom. The maximum Gasteiger partial charge on any atom is 0.242 e. The molecule has 0 unspecified atom stereocenters. The number of methoxy groups -OCH3 is 1. The Morgan fingerprint density at radius 2 is 1.86 bits per heavy atom. The molecule has 0 saturated carbocycles. The fraction of sp³-hybridized carbons (Fsp3) is 0.333. The predicted molar refractivity (Wildman–Crippen MR) is 129 cm³/mol. The van der Waals surface area contributed by atoms with E-state index in [2.05, 4.69) is 20.9 Å². The Hall–Kier alpha value is -2.00. The molecule has 0 atom stereocenters. The molecule has 0 radical (unpaired) electrons. The lowest BCUT2D eigenvalue weighted by Crippen LogP contribution is -2.39. The van der Waals surface area contributed by atoms with E-state index in [4.69, 9.17) is 16.3 Å². The van der Waals surface area contributed by atoms with Gasteiger partial charge in [-0.15, -0.1) is 24.0 Å². The number of benzene rings is 2. The van der Waals surface area contributed by atoms with Gasteiger partial charge >= 0.3 is 0 Å². The van der Waals surface area contributed by atoms with Crippen LogP contribution in [-0.4, -0.2) is 38.6 Å². The third-order valence-corrected chi connectivity index (χ3v) is 4.36. The highest BCUT2D eigenvalue weighted by Gasteiger charge is 2.05. The van der Waals surface area contributed by atoms with E-state index in [-0.39, 0.29) is 36.4 Å². The van der Waals surface area contributed by atoms with Gasteiger partial charge in [-0.3, -0.25) is 4.79 Å². The van der Waals surface area contributed by atoms with Gasteiger partial charge in [0.2, 0.25) is 5.91 Å². The van der Waals surface area contributed by atoms with Crippen molar-refractivity contribution in [3.8, 4) is 5.75 Å². The van der Waals surface area contributed by atoms with Crippen LogP contribution in [0.15, 0.2) is 53.5 Å². The first kappa shape index (κ1) is 25.0. The molecule has 2 aromatic rings. The lowest BCUT2D eigenvalue weighted by molar-refractivity contribution is -0.119. The molecule has 1 amide bonds. The topological polar surface area (TPSA) is 74.8 Å². The zero-order valence-electron chi connectivity index (χ0n) is 16.7. The summed E-state index contributed by atoms with van der Waals surface area (Å²) in [5.74, 6) is 1.21. The summed E-state index contributed by atoms with van der Waals surface area (Å²) in [4.78, 5) is 16.4. The molecule has 6 nitrogen and oxygen atoms in total. The average molecular weight is 531 g/mol. The molecule has 0 aliphatic rings. The molecule has 0 heterocycles. The Morgan fingerprint density at radius 1 is 1.10 bits per heavy atom. The summed E-state index contributed by atoms with van der Waals surface area (Å²) in [6.45, 7) is 3.89. The van der Waals surface area contributed by atoms with Crippen molar-refractivity contribution in [3.05, 3.63) is 64.7 Å². The summed E-state index contributed by atoms with van der Waals surface area (Å²) in [7, 11) is 1.61. The van der Waals surface area contributed by atoms with Crippen molar-refractivity contribution in [1.82, 2.24) is 16.0 Å². The minimum absolute atomic E-state index is 0. The van der Waals surface area contributed by atoms with E-state index >= 15 is 0 Å². The fourth-order valence-corrected chi connectivity index (χ4v) is 2.78. The number of aliphatic imine (C=N–C) groups is 1. The van der Waals surface area contributed by atoms with Gasteiger partial charge in [-0.05, 0) is 36.6 Å². The van der Waals surface area contributed by atoms with Gasteiger partial charge in [-0.2, -0.15) is 0 Å². The van der Waals surface area contributed by atoms with Crippen LogP contribution in [-0.2, 0) is 17.8 Å². The number of carbonyl (C=O) groups is 1. The molecule has 2 aromatic carbocycles. The van der Waals surface area contributed by atoms with Crippen molar-refractivity contribution in [2.45, 2.75) is 19.9 Å². The van der Waals surface area contributed by atoms with Gasteiger partial charge in [0.15, 0.2) is 5.96 Å². The quantitative estimate of drug-likeness (QED) is 0.264. The van der Waals surface area contributed by atoms with Crippen LogP contribution in [0.1, 0.15) is 18.1 Å². The molecule has 8 heteroatoms. The number of amides is 1. The highest BCUT2D eigenvalue weighted by molar-refractivity contribution is 14.0. The molecule has 2 rings (SSSR count). The number of hydrogen-bond donors (Lipinski definition) is 3. The summed E-state index contributed by atoms with van der Waals surface area (Å²) in [5.41, 5.74) is 2.08. The third-order valence-electron chi connectivity index (χ3n) is 4.00. The second kappa shape index (κ2) is 14.1. The normalized spacial score (nSPS) is 10.7. The molecule has 158 valence electrons. The molecule has 0 aliphatic heterocycles. The molecule has 0 spiro atoms. The van der Waals surface area contributed by atoms with E-state index in [0.29, 0.717) is 30.6 Å². The van der Waals surface area contributed by atoms with E-state index < -0.39 is 0 Å². The first-order chi connectivity index (χ1) is 13.6. The fourth-order valence-electron chi connectivity index (χ4n) is 2.52. The van der Waals surface area contributed by atoms with Gasteiger partial charge in [0.05, 0.1) is 7.11 Å². The SMILES string of the molecule is CCNC(=NCC(=O)NCc1ccccc1)NCCc1ccc(OC)cc1Cl.I. The van der Waals surface area contributed by atoms with Crippen LogP contribution in [0.2, 0.25) is 5.02 Å². The Bertz CT molecular complexity index is 788. The van der Waals surface area contributed by atoms with Crippen molar-refractivity contribution in [1.29, 1.82) is 0 Å². The van der Waals surface area contributed by atoms with Crippen molar-refractivity contribution in [3.63, 3.8) is 0 Å². The van der Waals surface area contributed by atoms with Crippen LogP contribution < -0.4 is 20.7 Å². The molecule has 3 N–H and O–H groups in total. The van der Waals surface area contributed by atoms with Crippen LogP contribution >= 0.6 is 35.6 Å². The minimum atomic E-state index is -0.126. The van der Waals surface area contributed by atoms with Gasteiger partial charge in [-0.25, -0.2) is 4.99 Å². The van der Waals surface area contributed by atoms with Crippen molar-refractivity contribution < 1.29 is 9.53 Å². The molecular weight excluding hydrogens is 503 g/mol. The molecule has 0 bridgehead atoms. The Kier molecular flexibility index (Phi) is 12.1. The number of nitrogens with one attached hydrogen (secondary N) is 3. The van der Waals surface area contributed by atoms with Crippen LogP contribution in [0.3, 0.4) is 0 Å². The first-order valence-electron chi connectivity index (χ1n) is 9.27. The summed E-state index contributed by atoms with van der Waals surface area (Å²) in [5, 5.41) is 9.90. The highest BCUT2D eigenvalue weighted by Crippen LogP contribution is 2.22. The molecular formula is C21H28ClIN4O2. The van der Waals surface area contributed by atoms with Gasteiger partial charge in [0.25, 0.3) is 0 Å². The van der Waals surface area contributed by atoms with E-state index in [1.165, 1.54) is 0 Å². The monoisotopic (exact) mass is 530 g/mol. The van der Waals surface area contributed by atoms with Crippen molar-refractivity contribution >= 4 is 47.4 Å². The highest BCUT2D eigenvalue weighted by atomic mass is 127. The molecule has 0 aliphatic carbocycles. The number of guanidine groups is 1. The average Bonchev–Trinajstić information content (AvgIpc) is 2.72. The van der Waals surface area contributed by atoms with Crippen LogP contribution in [0.4, 0.5) is 0 Å². The lowest BCUT2D eigenvalue weighted by Gasteiger charge is -2.12. The summed E-state index contributed by atoms with van der Waals surface area (Å²) in [6.07, 6.45) is 0.730. The third kappa shape index (κ3) is 9.36. The summed E-state index contributed by atoms with van der Waals surface area (Å²) in [6, 6.07) is 15.4. The van der Waals surface area contributed by atoms with Crippen LogP contribution in [0, 0.1) is 0 Å². The minimum Gasteiger partial charge on any atom is -0.497 e. The van der Waals surface area contributed by atoms with E-state index in [0.717, 1.165) is 23.3 Å². The first-order valence-corrected chi connectivity index (χ1v) is 9.65. The molecule has 0 aromatic heterocycles. The van der Waals surface area contributed by atoms with Crippen LogP contribution in [0.5, 0.6) is 5.75 Å². The van der Waals surface area contributed by atoms with Gasteiger partial charge in [-0.1, -0.05) is 48.0 Å². The van der Waals surface area contributed by atoms with Crippen molar-refractivity contribution in [2.75, 3.05) is 26.7 Å². The Balaban J connectivity index is 0.00000420. The van der Waals surface area contributed by atoms with Gasteiger partial charge < -0.3 is 20.7 Å². The standard InChI is InChI=1S/C21H27ClN4O2.HI/c1-3-23-21(24-12-11-17-9-10-18(28-2)13-19(17)22)26-15-20(27)25-14-16-7-5-4-6-8-16;/h4-10,13H,3,11-12,14-15H2,1-2H3,(H,25,27)(H2,23,24,26);1H. The van der Waals surface area contributed by atoms with Gasteiger partial charge in [0.1, 0.15) is 12.3 Å². The zero-order chi connectivity index (χ0) is 20.2. The number of hydrogen-bond acceptors (Lipinski definition) is 3. The second-order valence-corrected chi connectivity index (χ2v) is 6.50. The second-order valence-electron chi connectivity index (χ2n) is 6.09. The Labute approximate surface area is 194 Å². The zero-order valence-corrected chi connectivity index (χ0v) is 19.8. The number of rotatable bonds is 9. The van der Waals surface area contributed by atoms with E-state index in [9.17, 15) is 4.79 Å². The molecule has 0 saturated heterocycles. The maximum absolute atomic E-state index is 12.0. The predicted octanol–water partition coefficient (Wildman–Crippen LogP) is 3.38.